The molecule has 5 heteroatoms. The van der Waals surface area contributed by atoms with Crippen LogP contribution in [0.3, 0.4) is 0 Å². The summed E-state index contributed by atoms with van der Waals surface area (Å²) in [5, 5.41) is 0.598. The lowest BCUT2D eigenvalue weighted by atomic mass is 10.1. The van der Waals surface area contributed by atoms with Crippen molar-refractivity contribution in [1.82, 2.24) is 0 Å². The molecule has 0 radical (unpaired) electrons. The summed E-state index contributed by atoms with van der Waals surface area (Å²) in [6.45, 7) is 2.98. The minimum Gasteiger partial charge on any atom is -0.426 e. The molecular formula is C14H12O5. The van der Waals surface area contributed by atoms with Gasteiger partial charge in [0.15, 0.2) is 5.78 Å². The molecule has 1 heterocycles. The van der Waals surface area contributed by atoms with Crippen LogP contribution in [0.15, 0.2) is 33.5 Å². The zero-order valence-electron chi connectivity index (χ0n) is 10.6. The molecule has 0 spiro atoms. The molecule has 19 heavy (non-hydrogen) atoms. The van der Waals surface area contributed by atoms with E-state index in [0.29, 0.717) is 11.1 Å². The highest BCUT2D eigenvalue weighted by Gasteiger charge is 2.10. The third-order valence-electron chi connectivity index (χ3n) is 2.61. The number of Topliss-reactive ketones (excluding diaryl/α,β-unsaturated/α-hetero) is 1. The zero-order chi connectivity index (χ0) is 14.0. The molecule has 2 rings (SSSR count). The Labute approximate surface area is 108 Å². The largest absolute Gasteiger partial charge is 0.426 e. The van der Waals surface area contributed by atoms with Crippen molar-refractivity contribution < 1.29 is 18.7 Å². The molecule has 0 saturated heterocycles. The van der Waals surface area contributed by atoms with Crippen LogP contribution in [-0.2, 0) is 4.79 Å². The molecule has 0 unspecified atom stereocenters. The average Bonchev–Trinajstić information content (AvgIpc) is 2.37. The number of ketones is 1. The Kier molecular flexibility index (Phi) is 3.46. The fraction of sp³-hybridized carbons (Fsp3) is 0.214. The van der Waals surface area contributed by atoms with E-state index in [1.165, 1.54) is 19.1 Å². The molecule has 2 aromatic rings. The Balaban J connectivity index is 2.50. The Morgan fingerprint density at radius 3 is 2.63 bits per heavy atom. The first-order valence-electron chi connectivity index (χ1n) is 5.80. The van der Waals surface area contributed by atoms with Crippen LogP contribution in [-0.4, -0.2) is 11.8 Å². The fourth-order valence-corrected chi connectivity index (χ4v) is 1.60. The summed E-state index contributed by atoms with van der Waals surface area (Å²) in [6, 6.07) is 6.13. The molecule has 5 nitrogen and oxygen atoms in total. The van der Waals surface area contributed by atoms with Gasteiger partial charge in [0.1, 0.15) is 16.9 Å². The van der Waals surface area contributed by atoms with Gasteiger partial charge in [-0.25, -0.2) is 4.79 Å². The van der Waals surface area contributed by atoms with Gasteiger partial charge in [-0.3, -0.25) is 9.59 Å². The minimum absolute atomic E-state index is 0.00537. The van der Waals surface area contributed by atoms with Gasteiger partial charge >= 0.3 is 11.6 Å². The molecule has 0 N–H and O–H groups in total. The van der Waals surface area contributed by atoms with E-state index in [4.69, 9.17) is 9.15 Å². The average molecular weight is 260 g/mol. The molecule has 0 aliphatic rings. The number of carbonyl (C=O) groups is 2. The van der Waals surface area contributed by atoms with Crippen LogP contribution in [0.4, 0.5) is 0 Å². The van der Waals surface area contributed by atoms with Crippen LogP contribution < -0.4 is 10.4 Å². The van der Waals surface area contributed by atoms with Crippen molar-refractivity contribution in [2.75, 3.05) is 0 Å². The van der Waals surface area contributed by atoms with Crippen LogP contribution in [0.2, 0.25) is 0 Å². The van der Waals surface area contributed by atoms with Gasteiger partial charge in [0.2, 0.25) is 0 Å². The fourth-order valence-electron chi connectivity index (χ4n) is 1.60. The second-order valence-corrected chi connectivity index (χ2v) is 4.03. The van der Waals surface area contributed by atoms with Crippen molar-refractivity contribution in [1.29, 1.82) is 0 Å². The molecule has 0 amide bonds. The maximum Gasteiger partial charge on any atom is 0.347 e. The summed E-state index contributed by atoms with van der Waals surface area (Å²) >= 11 is 0. The lowest BCUT2D eigenvalue weighted by Crippen LogP contribution is -2.11. The van der Waals surface area contributed by atoms with E-state index in [2.05, 4.69) is 0 Å². The molecule has 1 aromatic heterocycles. The van der Waals surface area contributed by atoms with E-state index >= 15 is 0 Å². The Hall–Kier alpha value is -2.43. The van der Waals surface area contributed by atoms with Crippen molar-refractivity contribution in [3.63, 3.8) is 0 Å². The quantitative estimate of drug-likeness (QED) is 0.366. The van der Waals surface area contributed by atoms with Gasteiger partial charge in [-0.1, -0.05) is 6.92 Å². The number of hydrogen-bond acceptors (Lipinski definition) is 5. The Bertz CT molecular complexity index is 711. The molecule has 0 aliphatic heterocycles. The van der Waals surface area contributed by atoms with E-state index in [-0.39, 0.29) is 29.3 Å². The molecule has 0 bridgehead atoms. The first-order valence-corrected chi connectivity index (χ1v) is 5.80. The molecular weight excluding hydrogens is 248 g/mol. The first-order chi connectivity index (χ1) is 9.01. The summed E-state index contributed by atoms with van der Waals surface area (Å²) in [5.41, 5.74) is -0.416. The third kappa shape index (κ3) is 2.70. The molecule has 0 saturated carbocycles. The predicted molar refractivity (Wildman–Crippen MR) is 68.4 cm³/mol. The van der Waals surface area contributed by atoms with Crippen molar-refractivity contribution in [3.05, 3.63) is 40.2 Å². The molecule has 0 aliphatic carbocycles. The van der Waals surface area contributed by atoms with Crippen LogP contribution in [0.1, 0.15) is 30.6 Å². The zero-order valence-corrected chi connectivity index (χ0v) is 10.6. The highest BCUT2D eigenvalue weighted by Crippen LogP contribution is 2.21. The number of esters is 1. The number of rotatable bonds is 3. The van der Waals surface area contributed by atoms with Crippen LogP contribution in [0.25, 0.3) is 11.0 Å². The van der Waals surface area contributed by atoms with Crippen molar-refractivity contribution >= 4 is 22.7 Å². The molecule has 98 valence electrons. The van der Waals surface area contributed by atoms with E-state index in [1.807, 2.05) is 0 Å². The second kappa shape index (κ2) is 5.06. The van der Waals surface area contributed by atoms with Gasteiger partial charge in [0, 0.05) is 17.9 Å². The van der Waals surface area contributed by atoms with Crippen molar-refractivity contribution in [2.24, 2.45) is 0 Å². The van der Waals surface area contributed by atoms with E-state index < -0.39 is 5.63 Å². The number of benzene rings is 1. The van der Waals surface area contributed by atoms with Gasteiger partial charge in [0.05, 0.1) is 0 Å². The molecule has 0 fully saturated rings. The Morgan fingerprint density at radius 1 is 1.26 bits per heavy atom. The summed E-state index contributed by atoms with van der Waals surface area (Å²) < 4.78 is 10.1. The van der Waals surface area contributed by atoms with E-state index in [1.54, 1.807) is 19.1 Å². The van der Waals surface area contributed by atoms with Gasteiger partial charge in [-0.15, -0.1) is 0 Å². The van der Waals surface area contributed by atoms with E-state index in [0.717, 1.165) is 0 Å². The monoisotopic (exact) mass is 260 g/mol. The highest BCUT2D eigenvalue weighted by atomic mass is 16.5. The number of hydrogen-bond donors (Lipinski definition) is 0. The normalized spacial score (nSPS) is 10.4. The van der Waals surface area contributed by atoms with Crippen molar-refractivity contribution in [3.8, 4) is 5.75 Å². The lowest BCUT2D eigenvalue weighted by Gasteiger charge is -2.04. The van der Waals surface area contributed by atoms with E-state index in [9.17, 15) is 14.4 Å². The minimum atomic E-state index is -0.695. The number of fused-ring (bicyclic) bond motifs is 1. The lowest BCUT2D eigenvalue weighted by molar-refractivity contribution is -0.134. The van der Waals surface area contributed by atoms with Gasteiger partial charge in [0.25, 0.3) is 0 Å². The second-order valence-electron chi connectivity index (χ2n) is 4.03. The molecule has 1 aromatic carbocycles. The van der Waals surface area contributed by atoms with Crippen molar-refractivity contribution in [2.45, 2.75) is 20.3 Å². The maximum absolute atomic E-state index is 11.6. The Morgan fingerprint density at radius 2 is 2.00 bits per heavy atom. The summed E-state index contributed by atoms with van der Waals surface area (Å²) in [7, 11) is 0. The van der Waals surface area contributed by atoms with Gasteiger partial charge in [-0.2, -0.15) is 0 Å². The molecule has 0 atom stereocenters. The van der Waals surface area contributed by atoms with Crippen LogP contribution >= 0.6 is 0 Å². The maximum atomic E-state index is 11.6. The highest BCUT2D eigenvalue weighted by molar-refractivity contribution is 5.96. The number of ether oxygens (including phenoxy) is 1. The third-order valence-corrected chi connectivity index (χ3v) is 2.61. The van der Waals surface area contributed by atoms with Crippen LogP contribution in [0.5, 0.6) is 5.75 Å². The smallest absolute Gasteiger partial charge is 0.347 e. The first kappa shape index (κ1) is 13.0. The van der Waals surface area contributed by atoms with Gasteiger partial charge in [-0.05, 0) is 25.1 Å². The predicted octanol–water partition coefficient (Wildman–Crippen LogP) is 2.31. The summed E-state index contributed by atoms with van der Waals surface area (Å²) in [5.74, 6) is -0.419. The summed E-state index contributed by atoms with van der Waals surface area (Å²) in [4.78, 5) is 34.0. The SMILES string of the molecule is CCC(=O)Oc1ccc2cc(C(C)=O)c(=O)oc2c1. The van der Waals surface area contributed by atoms with Crippen LogP contribution in [0, 0.1) is 0 Å². The standard InChI is InChI=1S/C14H12O5/c1-3-13(16)18-10-5-4-9-6-11(8(2)15)14(17)19-12(9)7-10/h4-7H,3H2,1-2H3. The summed E-state index contributed by atoms with van der Waals surface area (Å²) in [6.07, 6.45) is 0.255. The van der Waals surface area contributed by atoms with Gasteiger partial charge < -0.3 is 9.15 Å². The topological polar surface area (TPSA) is 73.6 Å². The number of carbonyl (C=O) groups excluding carboxylic acids is 2.